The van der Waals surface area contributed by atoms with Crippen molar-refractivity contribution >= 4 is 11.0 Å². The van der Waals surface area contributed by atoms with Crippen molar-refractivity contribution in [3.63, 3.8) is 0 Å². The van der Waals surface area contributed by atoms with Gasteiger partial charge in [-0.3, -0.25) is 0 Å². The molecule has 0 N–H and O–H groups in total. The van der Waals surface area contributed by atoms with Gasteiger partial charge in [0.05, 0.1) is 16.6 Å². The Balaban J connectivity index is 1.67. The van der Waals surface area contributed by atoms with Crippen LogP contribution in [0.2, 0.25) is 0 Å². The third kappa shape index (κ3) is 3.21. The summed E-state index contributed by atoms with van der Waals surface area (Å²) < 4.78 is 52.6. The minimum Gasteiger partial charge on any atom is -0.454 e. The lowest BCUT2D eigenvalue weighted by Crippen LogP contribution is -2.31. The molecule has 1 saturated heterocycles. The Bertz CT molecular complexity index is 1070. The number of ether oxygens (including phenoxy) is 2. The largest absolute Gasteiger partial charge is 0.454 e. The zero-order chi connectivity index (χ0) is 20.2. The lowest BCUT2D eigenvalue weighted by Gasteiger charge is -2.31. The van der Waals surface area contributed by atoms with Gasteiger partial charge in [0.15, 0.2) is 11.5 Å². The number of hydrogen-bond acceptors (Lipinski definition) is 4. The number of piperidine rings is 1. The van der Waals surface area contributed by atoms with E-state index >= 15 is 0 Å². The van der Waals surface area contributed by atoms with Gasteiger partial charge in [0.2, 0.25) is 6.79 Å². The number of rotatable bonds is 2. The Hall–Kier alpha value is -2.74. The number of halogens is 3. The van der Waals surface area contributed by atoms with E-state index in [1.807, 2.05) is 18.2 Å². The van der Waals surface area contributed by atoms with E-state index in [2.05, 4.69) is 21.5 Å². The van der Waals surface area contributed by atoms with Crippen LogP contribution in [-0.4, -0.2) is 41.4 Å². The normalized spacial score (nSPS) is 17.9. The molecule has 29 heavy (non-hydrogen) atoms. The van der Waals surface area contributed by atoms with Crippen molar-refractivity contribution in [2.45, 2.75) is 25.1 Å². The fourth-order valence-electron chi connectivity index (χ4n) is 4.14. The maximum Gasteiger partial charge on any atom is 0.416 e. The molecule has 5 nitrogen and oxygen atoms in total. The van der Waals surface area contributed by atoms with Crippen LogP contribution in [0.15, 0.2) is 36.4 Å². The first kappa shape index (κ1) is 18.3. The number of alkyl halides is 3. The highest BCUT2D eigenvalue weighted by Gasteiger charge is 2.32. The first-order valence-corrected chi connectivity index (χ1v) is 9.58. The molecule has 0 radical (unpaired) electrons. The maximum atomic E-state index is 13.2. The lowest BCUT2D eigenvalue weighted by atomic mass is 10.0. The zero-order valence-corrected chi connectivity index (χ0v) is 15.9. The zero-order valence-electron chi connectivity index (χ0n) is 15.9. The van der Waals surface area contributed by atoms with Crippen LogP contribution in [0.25, 0.3) is 22.4 Å². The van der Waals surface area contributed by atoms with Gasteiger partial charge in [-0.15, -0.1) is 0 Å². The van der Waals surface area contributed by atoms with Crippen LogP contribution in [-0.2, 0) is 6.18 Å². The number of likely N-dealkylation sites (tertiary alicyclic amines) is 1. The SMILES string of the molecule is CN1CCC(n2c(-c3ccc4c(c3)OCO4)nc3cc(C(F)(F)F)ccc32)CC1. The van der Waals surface area contributed by atoms with Crippen molar-refractivity contribution < 1.29 is 22.6 Å². The number of nitrogens with zero attached hydrogens (tertiary/aromatic N) is 3. The number of aromatic nitrogens is 2. The highest BCUT2D eigenvalue weighted by atomic mass is 19.4. The Kier molecular flexibility index (Phi) is 4.20. The summed E-state index contributed by atoms with van der Waals surface area (Å²) >= 11 is 0. The Morgan fingerprint density at radius 2 is 1.76 bits per heavy atom. The molecule has 1 aromatic heterocycles. The van der Waals surface area contributed by atoms with Gasteiger partial charge < -0.3 is 18.9 Å². The summed E-state index contributed by atoms with van der Waals surface area (Å²) in [5.41, 5.74) is 1.19. The van der Waals surface area contributed by atoms with Gasteiger partial charge in [0.1, 0.15) is 5.82 Å². The third-order valence-corrected chi connectivity index (χ3v) is 5.70. The standard InChI is InChI=1S/C21H20F3N3O2/c1-26-8-6-15(7-9-26)27-17-4-3-14(21(22,23)24)11-16(17)25-20(27)13-2-5-18-19(10-13)29-12-28-18/h2-5,10-11,15H,6-9,12H2,1H3. The van der Waals surface area contributed by atoms with Gasteiger partial charge in [-0.25, -0.2) is 4.98 Å². The first-order chi connectivity index (χ1) is 13.9. The predicted molar refractivity (Wildman–Crippen MR) is 102 cm³/mol. The van der Waals surface area contributed by atoms with E-state index in [4.69, 9.17) is 9.47 Å². The summed E-state index contributed by atoms with van der Waals surface area (Å²) in [6.07, 6.45) is -2.56. The van der Waals surface area contributed by atoms with Crippen LogP contribution in [0.4, 0.5) is 13.2 Å². The molecular formula is C21H20F3N3O2. The molecule has 3 aromatic rings. The molecule has 0 bridgehead atoms. The average Bonchev–Trinajstić information content (AvgIpc) is 3.31. The van der Waals surface area contributed by atoms with Crippen molar-refractivity contribution in [2.24, 2.45) is 0 Å². The van der Waals surface area contributed by atoms with E-state index in [1.54, 1.807) is 6.07 Å². The molecule has 0 amide bonds. The van der Waals surface area contributed by atoms with Gasteiger partial charge in [-0.2, -0.15) is 13.2 Å². The number of fused-ring (bicyclic) bond motifs is 2. The van der Waals surface area contributed by atoms with E-state index in [0.29, 0.717) is 22.8 Å². The molecule has 5 rings (SSSR count). The van der Waals surface area contributed by atoms with Crippen molar-refractivity contribution in [1.29, 1.82) is 0 Å². The molecule has 2 aliphatic heterocycles. The van der Waals surface area contributed by atoms with Crippen LogP contribution in [0.1, 0.15) is 24.4 Å². The molecule has 0 aliphatic carbocycles. The van der Waals surface area contributed by atoms with E-state index < -0.39 is 11.7 Å². The quantitative estimate of drug-likeness (QED) is 0.621. The number of benzene rings is 2. The summed E-state index contributed by atoms with van der Waals surface area (Å²) in [5.74, 6) is 1.95. The van der Waals surface area contributed by atoms with E-state index in [0.717, 1.165) is 49.1 Å². The van der Waals surface area contributed by atoms with E-state index in [9.17, 15) is 13.2 Å². The lowest BCUT2D eigenvalue weighted by molar-refractivity contribution is -0.137. The second-order valence-electron chi connectivity index (χ2n) is 7.61. The summed E-state index contributed by atoms with van der Waals surface area (Å²) in [4.78, 5) is 6.89. The van der Waals surface area contributed by atoms with Gasteiger partial charge in [0, 0.05) is 11.6 Å². The van der Waals surface area contributed by atoms with Gasteiger partial charge in [0.25, 0.3) is 0 Å². The minimum atomic E-state index is -4.40. The Labute approximate surface area is 165 Å². The van der Waals surface area contributed by atoms with Gasteiger partial charge in [-0.05, 0) is 69.4 Å². The highest BCUT2D eigenvalue weighted by Crippen LogP contribution is 2.40. The molecule has 8 heteroatoms. The topological polar surface area (TPSA) is 39.5 Å². The molecule has 0 spiro atoms. The fourth-order valence-corrected chi connectivity index (χ4v) is 4.14. The molecule has 3 heterocycles. The molecule has 0 saturated carbocycles. The predicted octanol–water partition coefficient (Wildman–Crippen LogP) is 4.72. The van der Waals surface area contributed by atoms with Crippen molar-refractivity contribution in [1.82, 2.24) is 14.5 Å². The van der Waals surface area contributed by atoms with E-state index in [1.165, 1.54) is 0 Å². The number of imidazole rings is 1. The summed E-state index contributed by atoms with van der Waals surface area (Å²) in [6, 6.07) is 9.53. The summed E-state index contributed by atoms with van der Waals surface area (Å²) in [7, 11) is 2.08. The second kappa shape index (κ2) is 6.66. The van der Waals surface area contributed by atoms with Gasteiger partial charge in [-0.1, -0.05) is 0 Å². The minimum absolute atomic E-state index is 0.166. The average molecular weight is 403 g/mol. The smallest absolute Gasteiger partial charge is 0.416 e. The maximum absolute atomic E-state index is 13.2. The van der Waals surface area contributed by atoms with Crippen molar-refractivity contribution in [3.05, 3.63) is 42.0 Å². The monoisotopic (exact) mass is 403 g/mol. The second-order valence-corrected chi connectivity index (χ2v) is 7.61. The highest BCUT2D eigenvalue weighted by molar-refractivity contribution is 5.82. The first-order valence-electron chi connectivity index (χ1n) is 9.58. The fraction of sp³-hybridized carbons (Fsp3) is 0.381. The molecule has 0 atom stereocenters. The summed E-state index contributed by atoms with van der Waals surface area (Å²) in [5, 5.41) is 0. The van der Waals surface area contributed by atoms with Crippen LogP contribution in [0.3, 0.4) is 0 Å². The Morgan fingerprint density at radius 3 is 2.52 bits per heavy atom. The third-order valence-electron chi connectivity index (χ3n) is 5.70. The van der Waals surface area contributed by atoms with E-state index in [-0.39, 0.29) is 12.8 Å². The molecule has 1 fully saturated rings. The van der Waals surface area contributed by atoms with Crippen LogP contribution >= 0.6 is 0 Å². The number of hydrogen-bond donors (Lipinski definition) is 0. The Morgan fingerprint density at radius 1 is 1.00 bits per heavy atom. The molecule has 2 aromatic carbocycles. The summed E-state index contributed by atoms with van der Waals surface area (Å²) in [6.45, 7) is 2.04. The molecule has 0 unspecified atom stereocenters. The van der Waals surface area contributed by atoms with Crippen molar-refractivity contribution in [3.8, 4) is 22.9 Å². The molecule has 152 valence electrons. The van der Waals surface area contributed by atoms with Gasteiger partial charge >= 0.3 is 6.18 Å². The van der Waals surface area contributed by atoms with Crippen LogP contribution < -0.4 is 9.47 Å². The van der Waals surface area contributed by atoms with Crippen molar-refractivity contribution in [2.75, 3.05) is 26.9 Å². The molecule has 2 aliphatic rings. The van der Waals surface area contributed by atoms with Crippen LogP contribution in [0, 0.1) is 0 Å². The van der Waals surface area contributed by atoms with Crippen LogP contribution in [0.5, 0.6) is 11.5 Å². The molecular weight excluding hydrogens is 383 g/mol.